The zero-order chi connectivity index (χ0) is 9.86. The summed E-state index contributed by atoms with van der Waals surface area (Å²) in [6.07, 6.45) is 0. The van der Waals surface area contributed by atoms with Crippen LogP contribution in [0.1, 0.15) is 13.8 Å². The molecule has 0 heterocycles. The predicted octanol–water partition coefficient (Wildman–Crippen LogP) is -0.263. The maximum Gasteiger partial charge on any atom is 0.300 e. The van der Waals surface area contributed by atoms with Crippen molar-refractivity contribution in [2.75, 3.05) is 0 Å². The third kappa shape index (κ3) is 167. The molecule has 74 valence electrons. The van der Waals surface area contributed by atoms with Gasteiger partial charge in [0.05, 0.1) is 0 Å². The summed E-state index contributed by atoms with van der Waals surface area (Å²) >= 11 is 0. The molecule has 0 bridgehead atoms. The molecule has 0 spiro atoms. The van der Waals surface area contributed by atoms with E-state index in [2.05, 4.69) is 25.1 Å². The summed E-state index contributed by atoms with van der Waals surface area (Å²) in [6.45, 7) is 2.49. The normalized spacial score (nSPS) is 5.00. The third-order valence-electron chi connectivity index (χ3n) is 0.249. The van der Waals surface area contributed by atoms with E-state index in [1.165, 1.54) is 6.92 Å². The van der Waals surface area contributed by atoms with Gasteiger partial charge < -0.3 is 16.2 Å². The van der Waals surface area contributed by atoms with E-state index in [9.17, 15) is 4.79 Å². The Balaban J connectivity index is -0.0000000246. The maximum atomic E-state index is 9.64. The molecule has 0 aliphatic carbocycles. The summed E-state index contributed by atoms with van der Waals surface area (Å²) in [5.41, 5.74) is 4.25. The fourth-order valence-corrected chi connectivity index (χ4v) is 0. The van der Waals surface area contributed by atoms with Crippen LogP contribution in [0.15, 0.2) is 0 Å². The van der Waals surface area contributed by atoms with E-state index in [0.29, 0.717) is 0 Å². The summed E-state index contributed by atoms with van der Waals surface area (Å²) in [5.74, 6) is -0.940. The number of carbonyl (C=O) groups excluding carboxylic acids is 1. The number of carboxylic acids is 1. The first kappa shape index (κ1) is 29.2. The van der Waals surface area contributed by atoms with Gasteiger partial charge in [-0.3, -0.25) is 23.7 Å². The second kappa shape index (κ2) is 29.2. The standard InChI is InChI=1S/C3H6NO.C2H4O2.CH4N.2Y/c1-3(5)4-2;1-2(3)4;1-2;;/h2H2,1H3,(H,4,5);1H3,(H,3,4);1-2H2;;/q-1;;-1;;. The van der Waals surface area contributed by atoms with E-state index >= 15 is 0 Å². The van der Waals surface area contributed by atoms with Crippen LogP contribution in [0, 0.1) is 14.1 Å². The summed E-state index contributed by atoms with van der Waals surface area (Å²) in [6, 6.07) is 0. The van der Waals surface area contributed by atoms with Gasteiger partial charge in [-0.1, -0.05) is 0 Å². The first-order valence-electron chi connectivity index (χ1n) is 2.64. The Kier molecular flexibility index (Phi) is 65.7. The van der Waals surface area contributed by atoms with Gasteiger partial charge in [-0.2, -0.15) is 0 Å². The first-order chi connectivity index (χ1) is 5.00. The molecule has 0 rings (SSSR count). The van der Waals surface area contributed by atoms with Crippen molar-refractivity contribution < 1.29 is 80.1 Å². The molecular formula is C6H14N2O3Y2-2. The van der Waals surface area contributed by atoms with Crippen LogP contribution in [0.4, 0.5) is 0 Å². The number of carbonyl (C=O) groups is 2. The molecule has 0 saturated carbocycles. The monoisotopic (exact) mass is 340 g/mol. The molecule has 13 heavy (non-hydrogen) atoms. The van der Waals surface area contributed by atoms with Crippen LogP contribution >= 0.6 is 0 Å². The quantitative estimate of drug-likeness (QED) is 0.530. The number of hydrogen-bond donors (Lipinski definition) is 3. The molecule has 0 unspecified atom stereocenters. The number of carboxylic acid groups (broad SMARTS) is 1. The third-order valence-corrected chi connectivity index (χ3v) is 0.249. The van der Waals surface area contributed by atoms with E-state index in [1.807, 2.05) is 0 Å². The Bertz CT molecular complexity index is 108. The van der Waals surface area contributed by atoms with Crippen LogP contribution in [-0.4, -0.2) is 17.0 Å². The predicted molar refractivity (Wildman–Crippen MR) is 42.0 cm³/mol. The van der Waals surface area contributed by atoms with Crippen LogP contribution in [0.2, 0.25) is 0 Å². The van der Waals surface area contributed by atoms with E-state index < -0.39 is 5.97 Å². The SMILES string of the molecule is CC(=O)O.[CH2-]N.[CH2-]NC(C)=O.[Y].[Y]. The topological polar surface area (TPSA) is 92.4 Å². The van der Waals surface area contributed by atoms with Gasteiger partial charge in [0.15, 0.2) is 5.91 Å². The molecule has 5 nitrogen and oxygen atoms in total. The van der Waals surface area contributed by atoms with E-state index in [4.69, 9.17) is 9.90 Å². The molecule has 2 radical (unpaired) electrons. The average Bonchev–Trinajstić information content (AvgIpc) is 1.91. The summed E-state index contributed by atoms with van der Waals surface area (Å²) in [5, 5.41) is 9.56. The number of amides is 1. The van der Waals surface area contributed by atoms with Crippen molar-refractivity contribution in [3.8, 4) is 0 Å². The second-order valence-corrected chi connectivity index (χ2v) is 1.25. The van der Waals surface area contributed by atoms with Crippen LogP contribution in [0.5, 0.6) is 0 Å². The molecule has 0 atom stereocenters. The number of nitrogens with two attached hydrogens (primary N) is 1. The van der Waals surface area contributed by atoms with Gasteiger partial charge in [0.2, 0.25) is 0 Å². The fourth-order valence-electron chi connectivity index (χ4n) is 0. The van der Waals surface area contributed by atoms with Crippen LogP contribution in [0.3, 0.4) is 0 Å². The summed E-state index contributed by atoms with van der Waals surface area (Å²) in [4.78, 5) is 18.6. The van der Waals surface area contributed by atoms with Gasteiger partial charge in [0.1, 0.15) is 0 Å². The largest absolute Gasteiger partial charge is 0.509 e. The molecule has 0 aromatic rings. The van der Waals surface area contributed by atoms with Gasteiger partial charge in [0, 0.05) is 79.3 Å². The van der Waals surface area contributed by atoms with Crippen molar-refractivity contribution in [2.45, 2.75) is 13.8 Å². The molecule has 0 aliphatic heterocycles. The Hall–Kier alpha value is 1.11. The van der Waals surface area contributed by atoms with Crippen molar-refractivity contribution >= 4 is 11.9 Å². The zero-order valence-electron chi connectivity index (χ0n) is 7.91. The Morgan fingerprint density at radius 1 is 1.23 bits per heavy atom. The van der Waals surface area contributed by atoms with Gasteiger partial charge in [0.25, 0.3) is 5.97 Å². The smallest absolute Gasteiger partial charge is 0.300 e. The van der Waals surface area contributed by atoms with E-state index in [0.717, 1.165) is 6.92 Å². The Morgan fingerprint density at radius 3 is 1.31 bits per heavy atom. The number of aliphatic carboxylic acids is 1. The van der Waals surface area contributed by atoms with Gasteiger partial charge in [-0.15, -0.1) is 0 Å². The van der Waals surface area contributed by atoms with Gasteiger partial charge >= 0.3 is 0 Å². The van der Waals surface area contributed by atoms with Crippen molar-refractivity contribution in [3.63, 3.8) is 0 Å². The first-order valence-corrected chi connectivity index (χ1v) is 2.64. The molecule has 0 saturated heterocycles. The maximum absolute atomic E-state index is 9.64. The van der Waals surface area contributed by atoms with Crippen molar-refractivity contribution in [1.82, 2.24) is 5.32 Å². The molecule has 1 amide bonds. The molecule has 4 N–H and O–H groups in total. The van der Waals surface area contributed by atoms with E-state index in [1.54, 1.807) is 0 Å². The Labute approximate surface area is 129 Å². The minimum absolute atomic E-state index is 0. The molecule has 0 aromatic carbocycles. The second-order valence-electron chi connectivity index (χ2n) is 1.25. The van der Waals surface area contributed by atoms with Gasteiger partial charge in [-0.25, -0.2) is 0 Å². The van der Waals surface area contributed by atoms with Crippen LogP contribution in [-0.2, 0) is 75.0 Å². The Morgan fingerprint density at radius 2 is 1.31 bits per heavy atom. The van der Waals surface area contributed by atoms with Gasteiger partial charge in [-0.05, 0) is 0 Å². The summed E-state index contributed by atoms with van der Waals surface area (Å²) in [7, 11) is 5.84. The number of nitrogens with one attached hydrogen (secondary N) is 1. The molecule has 0 aliphatic rings. The number of rotatable bonds is 0. The fraction of sp³-hybridized carbons (Fsp3) is 0.333. The van der Waals surface area contributed by atoms with Crippen molar-refractivity contribution in [1.29, 1.82) is 0 Å². The van der Waals surface area contributed by atoms with Crippen LogP contribution in [0.25, 0.3) is 0 Å². The van der Waals surface area contributed by atoms with Crippen LogP contribution < -0.4 is 11.1 Å². The minimum atomic E-state index is -0.833. The molecule has 7 heteroatoms. The summed E-state index contributed by atoms with van der Waals surface area (Å²) < 4.78 is 0. The molecule has 0 aromatic heterocycles. The minimum Gasteiger partial charge on any atom is -0.509 e. The van der Waals surface area contributed by atoms with Crippen molar-refractivity contribution in [3.05, 3.63) is 14.1 Å². The van der Waals surface area contributed by atoms with E-state index in [-0.39, 0.29) is 71.3 Å². The zero-order valence-corrected chi connectivity index (χ0v) is 13.6. The van der Waals surface area contributed by atoms with Crippen molar-refractivity contribution in [2.24, 2.45) is 5.73 Å². The molecule has 0 fully saturated rings. The molecular weight excluding hydrogens is 326 g/mol. The number of hydrogen-bond acceptors (Lipinski definition) is 3. The average molecular weight is 340 g/mol.